The zero-order valence-corrected chi connectivity index (χ0v) is 16.8. The summed E-state index contributed by atoms with van der Waals surface area (Å²) in [5, 5.41) is 5.58. The molecule has 7 heteroatoms. The van der Waals surface area contributed by atoms with Crippen molar-refractivity contribution in [2.75, 3.05) is 13.1 Å². The maximum Gasteiger partial charge on any atom is 0.315 e. The van der Waals surface area contributed by atoms with Crippen molar-refractivity contribution in [3.63, 3.8) is 0 Å². The SMILES string of the molecule is CCN(CC)S(=O)(=O)c1ccc(CNC(=O)NCc2ccc(C)cc2)cc1. The van der Waals surface area contributed by atoms with Crippen molar-refractivity contribution < 1.29 is 13.2 Å². The van der Waals surface area contributed by atoms with Crippen LogP contribution >= 0.6 is 0 Å². The van der Waals surface area contributed by atoms with Crippen LogP contribution in [0.2, 0.25) is 0 Å². The number of nitrogens with one attached hydrogen (secondary N) is 2. The fourth-order valence-corrected chi connectivity index (χ4v) is 4.08. The number of carbonyl (C=O) groups excluding carboxylic acids is 1. The second-order valence-corrected chi connectivity index (χ2v) is 8.19. The van der Waals surface area contributed by atoms with Crippen molar-refractivity contribution in [3.8, 4) is 0 Å². The molecule has 0 bridgehead atoms. The lowest BCUT2D eigenvalue weighted by Crippen LogP contribution is -2.34. The van der Waals surface area contributed by atoms with Crippen LogP contribution < -0.4 is 10.6 Å². The number of sulfonamides is 1. The molecule has 0 heterocycles. The summed E-state index contributed by atoms with van der Waals surface area (Å²) in [6, 6.07) is 14.3. The monoisotopic (exact) mass is 389 g/mol. The Morgan fingerprint density at radius 2 is 1.30 bits per heavy atom. The third-order valence-electron chi connectivity index (χ3n) is 4.29. The normalized spacial score (nSPS) is 11.4. The molecule has 0 saturated heterocycles. The van der Waals surface area contributed by atoms with Gasteiger partial charge < -0.3 is 10.6 Å². The molecule has 6 nitrogen and oxygen atoms in total. The highest BCUT2D eigenvalue weighted by Crippen LogP contribution is 2.16. The first kappa shape index (κ1) is 20.9. The molecule has 146 valence electrons. The molecule has 0 aromatic heterocycles. The van der Waals surface area contributed by atoms with Gasteiger partial charge in [-0.25, -0.2) is 13.2 Å². The number of rotatable bonds is 8. The summed E-state index contributed by atoms with van der Waals surface area (Å²) in [7, 11) is -3.46. The molecule has 0 radical (unpaired) electrons. The van der Waals surface area contributed by atoms with E-state index in [4.69, 9.17) is 0 Å². The highest BCUT2D eigenvalue weighted by atomic mass is 32.2. The summed E-state index contributed by atoms with van der Waals surface area (Å²) in [5.41, 5.74) is 3.04. The van der Waals surface area contributed by atoms with Crippen LogP contribution in [0.25, 0.3) is 0 Å². The topological polar surface area (TPSA) is 78.5 Å². The number of urea groups is 1. The zero-order chi connectivity index (χ0) is 19.9. The molecule has 0 spiro atoms. The average molecular weight is 390 g/mol. The molecular weight excluding hydrogens is 362 g/mol. The first-order chi connectivity index (χ1) is 12.9. The third-order valence-corrected chi connectivity index (χ3v) is 6.36. The molecule has 2 amide bonds. The molecule has 2 N–H and O–H groups in total. The number of nitrogens with zero attached hydrogens (tertiary/aromatic N) is 1. The van der Waals surface area contributed by atoms with Gasteiger partial charge in [0.2, 0.25) is 10.0 Å². The number of hydrogen-bond donors (Lipinski definition) is 2. The summed E-state index contributed by atoms with van der Waals surface area (Å²) in [5.74, 6) is 0. The lowest BCUT2D eigenvalue weighted by Gasteiger charge is -2.18. The van der Waals surface area contributed by atoms with Crippen molar-refractivity contribution in [1.82, 2.24) is 14.9 Å². The maximum absolute atomic E-state index is 12.5. The van der Waals surface area contributed by atoms with Crippen molar-refractivity contribution in [1.29, 1.82) is 0 Å². The molecule has 0 aliphatic rings. The number of hydrogen-bond acceptors (Lipinski definition) is 3. The summed E-state index contributed by atoms with van der Waals surface area (Å²) in [6.07, 6.45) is 0. The predicted octanol–water partition coefficient (Wildman–Crippen LogP) is 3.02. The molecular formula is C20H27N3O3S. The van der Waals surface area contributed by atoms with E-state index < -0.39 is 10.0 Å². The van der Waals surface area contributed by atoms with Crippen molar-refractivity contribution in [2.45, 2.75) is 38.8 Å². The first-order valence-electron chi connectivity index (χ1n) is 9.03. The lowest BCUT2D eigenvalue weighted by molar-refractivity contribution is 0.240. The van der Waals surface area contributed by atoms with Gasteiger partial charge in [-0.1, -0.05) is 55.8 Å². The lowest BCUT2D eigenvalue weighted by atomic mass is 10.1. The second kappa shape index (κ2) is 9.53. The van der Waals surface area contributed by atoms with Crippen LogP contribution in [-0.2, 0) is 23.1 Å². The summed E-state index contributed by atoms with van der Waals surface area (Å²) in [6.45, 7) is 7.29. The summed E-state index contributed by atoms with van der Waals surface area (Å²) in [4.78, 5) is 12.2. The van der Waals surface area contributed by atoms with E-state index in [1.54, 1.807) is 24.3 Å². The van der Waals surface area contributed by atoms with Crippen molar-refractivity contribution >= 4 is 16.1 Å². The van der Waals surface area contributed by atoms with Gasteiger partial charge in [-0.3, -0.25) is 0 Å². The summed E-state index contributed by atoms with van der Waals surface area (Å²) >= 11 is 0. The Balaban J connectivity index is 1.87. The molecule has 2 aromatic carbocycles. The van der Waals surface area contributed by atoms with Gasteiger partial charge in [0.25, 0.3) is 0 Å². The van der Waals surface area contributed by atoms with Gasteiger partial charge in [0, 0.05) is 26.2 Å². The number of benzene rings is 2. The van der Waals surface area contributed by atoms with Gasteiger partial charge in [0.15, 0.2) is 0 Å². The molecule has 0 atom stereocenters. The van der Waals surface area contributed by atoms with Gasteiger partial charge >= 0.3 is 6.03 Å². The highest BCUT2D eigenvalue weighted by Gasteiger charge is 2.21. The molecule has 0 unspecified atom stereocenters. The predicted molar refractivity (Wildman–Crippen MR) is 107 cm³/mol. The Labute approximate surface area is 161 Å². The van der Waals surface area contributed by atoms with Crippen LogP contribution in [0.5, 0.6) is 0 Å². The van der Waals surface area contributed by atoms with E-state index in [1.807, 2.05) is 45.0 Å². The molecule has 2 aromatic rings. The molecule has 0 aliphatic carbocycles. The van der Waals surface area contributed by atoms with E-state index in [0.29, 0.717) is 26.2 Å². The van der Waals surface area contributed by atoms with Crippen molar-refractivity contribution in [2.24, 2.45) is 0 Å². The Morgan fingerprint density at radius 1 is 0.852 bits per heavy atom. The summed E-state index contributed by atoms with van der Waals surface area (Å²) < 4.78 is 26.3. The van der Waals surface area contributed by atoms with Gasteiger partial charge in [0.1, 0.15) is 0 Å². The van der Waals surface area contributed by atoms with Gasteiger partial charge in [-0.05, 0) is 30.2 Å². The average Bonchev–Trinajstić information content (AvgIpc) is 2.67. The Bertz CT molecular complexity index is 843. The van der Waals surface area contributed by atoms with E-state index >= 15 is 0 Å². The Morgan fingerprint density at radius 3 is 1.74 bits per heavy atom. The third kappa shape index (κ3) is 5.80. The number of carbonyl (C=O) groups is 1. The van der Waals surface area contributed by atoms with E-state index in [1.165, 1.54) is 9.87 Å². The van der Waals surface area contributed by atoms with Crippen LogP contribution in [-0.4, -0.2) is 31.8 Å². The van der Waals surface area contributed by atoms with Gasteiger partial charge in [-0.15, -0.1) is 0 Å². The number of amides is 2. The molecule has 2 rings (SSSR count). The van der Waals surface area contributed by atoms with E-state index in [2.05, 4.69) is 10.6 Å². The van der Waals surface area contributed by atoms with E-state index in [9.17, 15) is 13.2 Å². The van der Waals surface area contributed by atoms with Crippen LogP contribution in [0.1, 0.15) is 30.5 Å². The molecule has 27 heavy (non-hydrogen) atoms. The van der Waals surface area contributed by atoms with E-state index in [-0.39, 0.29) is 10.9 Å². The minimum Gasteiger partial charge on any atom is -0.334 e. The fraction of sp³-hybridized carbons (Fsp3) is 0.350. The molecule has 0 fully saturated rings. The van der Waals surface area contributed by atoms with Crippen molar-refractivity contribution in [3.05, 3.63) is 65.2 Å². The smallest absolute Gasteiger partial charge is 0.315 e. The Kier molecular flexibility index (Phi) is 7.38. The molecule has 0 aliphatic heterocycles. The zero-order valence-electron chi connectivity index (χ0n) is 16.0. The number of aryl methyl sites for hydroxylation is 1. The quantitative estimate of drug-likeness (QED) is 0.728. The second-order valence-electron chi connectivity index (χ2n) is 6.26. The van der Waals surface area contributed by atoms with Crippen LogP contribution in [0.4, 0.5) is 4.79 Å². The first-order valence-corrected chi connectivity index (χ1v) is 10.5. The van der Waals surface area contributed by atoms with Gasteiger partial charge in [-0.2, -0.15) is 4.31 Å². The Hall–Kier alpha value is -2.38. The highest BCUT2D eigenvalue weighted by molar-refractivity contribution is 7.89. The minimum atomic E-state index is -3.46. The maximum atomic E-state index is 12.5. The molecule has 0 saturated carbocycles. The van der Waals surface area contributed by atoms with Crippen LogP contribution in [0, 0.1) is 6.92 Å². The standard InChI is InChI=1S/C20H27N3O3S/c1-4-23(5-2)27(25,26)19-12-10-18(11-13-19)15-22-20(24)21-14-17-8-6-16(3)7-9-17/h6-13H,4-5,14-15H2,1-3H3,(H2,21,22,24). The largest absolute Gasteiger partial charge is 0.334 e. The van der Waals surface area contributed by atoms with Gasteiger partial charge in [0.05, 0.1) is 4.90 Å². The fourth-order valence-electron chi connectivity index (χ4n) is 2.62. The van der Waals surface area contributed by atoms with Crippen LogP contribution in [0.15, 0.2) is 53.4 Å². The van der Waals surface area contributed by atoms with Crippen LogP contribution in [0.3, 0.4) is 0 Å². The van der Waals surface area contributed by atoms with E-state index in [0.717, 1.165) is 11.1 Å². The minimum absolute atomic E-state index is 0.263.